The molecule has 0 heterocycles. The molecule has 0 saturated carbocycles. The highest BCUT2D eigenvalue weighted by molar-refractivity contribution is 5.28. The van der Waals surface area contributed by atoms with E-state index in [0.29, 0.717) is 6.42 Å². The van der Waals surface area contributed by atoms with Gasteiger partial charge in [0.15, 0.2) is 0 Å². The van der Waals surface area contributed by atoms with Crippen LogP contribution in [0.2, 0.25) is 0 Å². The summed E-state index contributed by atoms with van der Waals surface area (Å²) in [4.78, 5) is 0. The van der Waals surface area contributed by atoms with Crippen LogP contribution in [0.25, 0.3) is 0 Å². The Morgan fingerprint density at radius 2 is 2.14 bits per heavy atom. The highest BCUT2D eigenvalue weighted by Crippen LogP contribution is 2.23. The first-order chi connectivity index (χ1) is 6.67. The van der Waals surface area contributed by atoms with Crippen LogP contribution in [0, 0.1) is 18.3 Å². The predicted molar refractivity (Wildman–Crippen MR) is 60.5 cm³/mol. The Bertz CT molecular complexity index is 253. The van der Waals surface area contributed by atoms with Crippen LogP contribution in [0.4, 0.5) is 4.39 Å². The van der Waals surface area contributed by atoms with E-state index in [1.54, 1.807) is 12.2 Å². The van der Waals surface area contributed by atoms with Gasteiger partial charge in [-0.2, -0.15) is 0 Å². The van der Waals surface area contributed by atoms with Crippen LogP contribution < -0.4 is 0 Å². The summed E-state index contributed by atoms with van der Waals surface area (Å²) in [5, 5.41) is 0. The van der Waals surface area contributed by atoms with Crippen molar-refractivity contribution in [3.63, 3.8) is 0 Å². The lowest BCUT2D eigenvalue weighted by molar-refractivity contribution is 0.541. The molecule has 0 aromatic heterocycles. The summed E-state index contributed by atoms with van der Waals surface area (Å²) < 4.78 is 13.6. The first-order valence-corrected chi connectivity index (χ1v) is 5.18. The first-order valence-electron chi connectivity index (χ1n) is 5.18. The number of hydrogen-bond donors (Lipinski definition) is 0. The average Bonchev–Trinajstić information content (AvgIpc) is 2.18. The quantitative estimate of drug-likeness (QED) is 0.453. The van der Waals surface area contributed by atoms with Gasteiger partial charge in [0.25, 0.3) is 0 Å². The number of rotatable bonds is 5. The Labute approximate surface area is 86.9 Å². The summed E-state index contributed by atoms with van der Waals surface area (Å²) in [5.41, 5.74) is 0.757. The summed E-state index contributed by atoms with van der Waals surface area (Å²) in [6, 6.07) is 0. The predicted octanol–water partition coefficient (Wildman–Crippen LogP) is 4.25. The minimum absolute atomic E-state index is 0.0200. The third kappa shape index (κ3) is 4.28. The van der Waals surface area contributed by atoms with E-state index in [2.05, 4.69) is 5.92 Å². The molecule has 1 heteroatoms. The standard InChI is InChI=1S/C13H19F/c1-5-8-10-12(11(4)7-3)13(14)9-6-2/h1,8,10-11H,6-7,9H2,2-4H3/b10-8-,13-12-. The van der Waals surface area contributed by atoms with Gasteiger partial charge in [0, 0.05) is 0 Å². The molecule has 1 atom stereocenters. The van der Waals surface area contributed by atoms with Gasteiger partial charge in [0.05, 0.1) is 0 Å². The van der Waals surface area contributed by atoms with Crippen LogP contribution in [0.3, 0.4) is 0 Å². The fraction of sp³-hybridized carbons (Fsp3) is 0.538. The molecule has 0 aromatic rings. The van der Waals surface area contributed by atoms with E-state index in [1.807, 2.05) is 20.8 Å². The van der Waals surface area contributed by atoms with Crippen molar-refractivity contribution in [1.82, 2.24) is 0 Å². The Morgan fingerprint density at radius 3 is 2.57 bits per heavy atom. The van der Waals surface area contributed by atoms with Gasteiger partial charge in [-0.3, -0.25) is 0 Å². The Morgan fingerprint density at radius 1 is 1.50 bits per heavy atom. The van der Waals surface area contributed by atoms with Gasteiger partial charge in [-0.05, 0) is 42.9 Å². The van der Waals surface area contributed by atoms with Crippen LogP contribution >= 0.6 is 0 Å². The minimum atomic E-state index is -0.0200. The monoisotopic (exact) mass is 194 g/mol. The van der Waals surface area contributed by atoms with Gasteiger partial charge in [-0.15, -0.1) is 6.42 Å². The van der Waals surface area contributed by atoms with E-state index < -0.39 is 0 Å². The van der Waals surface area contributed by atoms with E-state index in [9.17, 15) is 4.39 Å². The van der Waals surface area contributed by atoms with Crippen LogP contribution in [0.1, 0.15) is 40.0 Å². The zero-order valence-electron chi connectivity index (χ0n) is 9.31. The topological polar surface area (TPSA) is 0 Å². The Kier molecular flexibility index (Phi) is 6.84. The van der Waals surface area contributed by atoms with Crippen molar-refractivity contribution >= 4 is 0 Å². The lowest BCUT2D eigenvalue weighted by atomic mass is 9.96. The van der Waals surface area contributed by atoms with Crippen LogP contribution in [-0.4, -0.2) is 0 Å². The van der Waals surface area contributed by atoms with Crippen LogP contribution in [0.5, 0.6) is 0 Å². The normalized spacial score (nSPS) is 15.1. The van der Waals surface area contributed by atoms with Crippen molar-refractivity contribution < 1.29 is 4.39 Å². The molecule has 0 aromatic carbocycles. The van der Waals surface area contributed by atoms with Crippen molar-refractivity contribution in [2.45, 2.75) is 40.0 Å². The van der Waals surface area contributed by atoms with Crippen LogP contribution in [0.15, 0.2) is 23.6 Å². The van der Waals surface area contributed by atoms with E-state index >= 15 is 0 Å². The smallest absolute Gasteiger partial charge is 0.103 e. The Balaban J connectivity index is 4.79. The minimum Gasteiger partial charge on any atom is -0.212 e. The molecule has 0 spiro atoms. The molecule has 0 aliphatic rings. The molecular weight excluding hydrogens is 175 g/mol. The zero-order chi connectivity index (χ0) is 11.0. The molecule has 0 saturated heterocycles. The van der Waals surface area contributed by atoms with Gasteiger partial charge in [-0.1, -0.05) is 26.7 Å². The van der Waals surface area contributed by atoms with Gasteiger partial charge in [0.2, 0.25) is 0 Å². The third-order valence-corrected chi connectivity index (χ3v) is 2.29. The summed E-state index contributed by atoms with van der Waals surface area (Å²) in [6.07, 6.45) is 10.7. The number of halogens is 1. The molecule has 78 valence electrons. The second kappa shape index (κ2) is 7.38. The lowest BCUT2D eigenvalue weighted by Gasteiger charge is -2.11. The maximum atomic E-state index is 13.6. The molecule has 0 aliphatic carbocycles. The highest BCUT2D eigenvalue weighted by Gasteiger charge is 2.09. The lowest BCUT2D eigenvalue weighted by Crippen LogP contribution is -1.98. The first kappa shape index (κ1) is 13.0. The fourth-order valence-corrected chi connectivity index (χ4v) is 1.24. The van der Waals surface area contributed by atoms with E-state index in [0.717, 1.165) is 18.4 Å². The zero-order valence-corrected chi connectivity index (χ0v) is 9.31. The molecule has 0 fully saturated rings. The van der Waals surface area contributed by atoms with Crippen molar-refractivity contribution in [1.29, 1.82) is 0 Å². The van der Waals surface area contributed by atoms with Gasteiger partial charge >= 0.3 is 0 Å². The molecule has 1 unspecified atom stereocenters. The number of allylic oxidation sites excluding steroid dienone is 4. The van der Waals surface area contributed by atoms with Gasteiger partial charge in [-0.25, -0.2) is 4.39 Å². The van der Waals surface area contributed by atoms with Crippen LogP contribution in [-0.2, 0) is 0 Å². The summed E-state index contributed by atoms with van der Waals surface area (Å²) in [6.45, 7) is 6.04. The largest absolute Gasteiger partial charge is 0.212 e. The number of terminal acetylenes is 1. The van der Waals surface area contributed by atoms with E-state index in [1.165, 1.54) is 0 Å². The molecular formula is C13H19F. The molecule has 0 rings (SSSR count). The van der Waals surface area contributed by atoms with Gasteiger partial charge in [0.1, 0.15) is 5.83 Å². The van der Waals surface area contributed by atoms with E-state index in [-0.39, 0.29) is 11.7 Å². The van der Waals surface area contributed by atoms with Gasteiger partial charge < -0.3 is 0 Å². The number of hydrogen-bond acceptors (Lipinski definition) is 0. The SMILES string of the molecule is C#C/C=C\C(=C(\F)CCC)C(C)CC. The molecule has 0 aliphatic heterocycles. The molecule has 0 radical (unpaired) electrons. The van der Waals surface area contributed by atoms with Crippen molar-refractivity contribution in [3.8, 4) is 12.3 Å². The summed E-state index contributed by atoms with van der Waals surface area (Å²) in [7, 11) is 0. The van der Waals surface area contributed by atoms with E-state index in [4.69, 9.17) is 6.42 Å². The third-order valence-electron chi connectivity index (χ3n) is 2.29. The molecule has 0 nitrogen and oxygen atoms in total. The Hall–Kier alpha value is -1.03. The van der Waals surface area contributed by atoms with Crippen molar-refractivity contribution in [2.75, 3.05) is 0 Å². The second-order valence-electron chi connectivity index (χ2n) is 3.42. The summed E-state index contributed by atoms with van der Waals surface area (Å²) >= 11 is 0. The maximum absolute atomic E-state index is 13.6. The van der Waals surface area contributed by atoms with Crippen molar-refractivity contribution in [3.05, 3.63) is 23.6 Å². The summed E-state index contributed by atoms with van der Waals surface area (Å²) in [5.74, 6) is 2.61. The second-order valence-corrected chi connectivity index (χ2v) is 3.42. The molecule has 14 heavy (non-hydrogen) atoms. The fourth-order valence-electron chi connectivity index (χ4n) is 1.24. The maximum Gasteiger partial charge on any atom is 0.103 e. The molecule has 0 amide bonds. The highest BCUT2D eigenvalue weighted by atomic mass is 19.1. The van der Waals surface area contributed by atoms with Crippen molar-refractivity contribution in [2.24, 2.45) is 5.92 Å². The average molecular weight is 194 g/mol. The molecule has 0 N–H and O–H groups in total. The molecule has 0 bridgehead atoms.